The van der Waals surface area contributed by atoms with Crippen LogP contribution >= 0.6 is 0 Å². The lowest BCUT2D eigenvalue weighted by atomic mass is 9.47. The smallest absolute Gasteiger partial charge is 0.302 e. The second-order valence-electron chi connectivity index (χ2n) is 13.1. The minimum absolute atomic E-state index is 0.114. The summed E-state index contributed by atoms with van der Waals surface area (Å²) in [5.41, 5.74) is 2.53. The quantitative estimate of drug-likeness (QED) is 0.225. The number of esters is 1. The molecule has 0 radical (unpaired) electrons. The van der Waals surface area contributed by atoms with Crippen LogP contribution in [0.5, 0.6) is 0 Å². The molecule has 0 N–H and O–H groups in total. The molecule has 182 valence electrons. The van der Waals surface area contributed by atoms with Gasteiger partial charge in [0.05, 0.1) is 0 Å². The largest absolute Gasteiger partial charge is 0.462 e. The lowest BCUT2D eigenvalue weighted by molar-refractivity contribution is -0.148. The molecule has 0 amide bonds. The fourth-order valence-electron chi connectivity index (χ4n) is 9.16. The Balaban J connectivity index is 1.43. The highest BCUT2D eigenvalue weighted by molar-refractivity contribution is 5.66. The number of ether oxygens (including phenoxy) is 1. The number of fused-ring (bicyclic) bond motifs is 5. The molecule has 4 aliphatic carbocycles. The van der Waals surface area contributed by atoms with Gasteiger partial charge in [0.2, 0.25) is 0 Å². The average Bonchev–Trinajstić information content (AvgIpc) is 3.08. The molecule has 0 bridgehead atoms. The molecule has 4 rings (SSSR count). The third-order valence-corrected chi connectivity index (χ3v) is 10.8. The van der Waals surface area contributed by atoms with E-state index in [1.165, 1.54) is 64.2 Å². The SMILES string of the molecule is CC(=O)OC1CC[C@@]2(C)C(=CCC3C2CC[C@@]2(C)C3CC[C@@H]2C(C)CCCCC(C)C)C1. The van der Waals surface area contributed by atoms with Gasteiger partial charge in [-0.05, 0) is 91.3 Å². The highest BCUT2D eigenvalue weighted by Crippen LogP contribution is 2.67. The summed E-state index contributed by atoms with van der Waals surface area (Å²) in [6, 6.07) is 0. The Morgan fingerprint density at radius 3 is 2.50 bits per heavy atom. The summed E-state index contributed by atoms with van der Waals surface area (Å²) < 4.78 is 5.62. The Morgan fingerprint density at radius 2 is 1.78 bits per heavy atom. The van der Waals surface area contributed by atoms with Gasteiger partial charge in [0, 0.05) is 13.3 Å². The van der Waals surface area contributed by atoms with Crippen molar-refractivity contribution in [1.29, 1.82) is 0 Å². The van der Waals surface area contributed by atoms with E-state index in [1.807, 2.05) is 0 Å². The van der Waals surface area contributed by atoms with Gasteiger partial charge >= 0.3 is 5.97 Å². The van der Waals surface area contributed by atoms with Crippen LogP contribution in [0.3, 0.4) is 0 Å². The van der Waals surface area contributed by atoms with E-state index in [1.54, 1.807) is 12.5 Å². The van der Waals surface area contributed by atoms with Crippen molar-refractivity contribution in [3.63, 3.8) is 0 Å². The molecule has 3 fully saturated rings. The van der Waals surface area contributed by atoms with E-state index in [0.717, 1.165) is 48.3 Å². The summed E-state index contributed by atoms with van der Waals surface area (Å²) in [6.45, 7) is 14.1. The topological polar surface area (TPSA) is 26.3 Å². The van der Waals surface area contributed by atoms with Gasteiger partial charge in [-0.25, -0.2) is 0 Å². The number of rotatable bonds is 7. The van der Waals surface area contributed by atoms with Gasteiger partial charge in [0.15, 0.2) is 0 Å². The summed E-state index contributed by atoms with van der Waals surface area (Å²) in [4.78, 5) is 11.5. The van der Waals surface area contributed by atoms with Crippen LogP contribution in [0.2, 0.25) is 0 Å². The maximum atomic E-state index is 11.5. The third-order valence-electron chi connectivity index (χ3n) is 10.8. The molecule has 0 aromatic rings. The molecule has 2 heteroatoms. The van der Waals surface area contributed by atoms with Crippen molar-refractivity contribution in [2.45, 2.75) is 125 Å². The number of carbonyl (C=O) groups is 1. The molecule has 0 aliphatic heterocycles. The summed E-state index contributed by atoms with van der Waals surface area (Å²) in [5.74, 6) is 5.21. The van der Waals surface area contributed by atoms with E-state index in [0.29, 0.717) is 10.8 Å². The van der Waals surface area contributed by atoms with Crippen LogP contribution in [0.15, 0.2) is 11.6 Å². The highest BCUT2D eigenvalue weighted by atomic mass is 16.5. The summed E-state index contributed by atoms with van der Waals surface area (Å²) in [6.07, 6.45) is 18.7. The zero-order valence-corrected chi connectivity index (χ0v) is 21.9. The predicted octanol–water partition coefficient (Wildman–Crippen LogP) is 8.35. The number of carbonyl (C=O) groups excluding carboxylic acids is 1. The zero-order valence-electron chi connectivity index (χ0n) is 21.9. The van der Waals surface area contributed by atoms with E-state index in [2.05, 4.69) is 40.7 Å². The molecule has 8 atom stereocenters. The summed E-state index contributed by atoms with van der Waals surface area (Å²) >= 11 is 0. The normalized spacial score (nSPS) is 42.0. The minimum atomic E-state index is -0.114. The van der Waals surface area contributed by atoms with Crippen molar-refractivity contribution in [2.75, 3.05) is 0 Å². The lowest BCUT2D eigenvalue weighted by Crippen LogP contribution is -2.51. The van der Waals surface area contributed by atoms with E-state index >= 15 is 0 Å². The van der Waals surface area contributed by atoms with Crippen molar-refractivity contribution in [3.8, 4) is 0 Å². The molecular weight excluding hydrogens is 392 g/mol. The molecule has 32 heavy (non-hydrogen) atoms. The Bertz CT molecular complexity index is 708. The molecule has 0 heterocycles. The monoisotopic (exact) mass is 442 g/mol. The lowest BCUT2D eigenvalue weighted by Gasteiger charge is -2.58. The molecular formula is C30H50O2. The fraction of sp³-hybridized carbons (Fsp3) is 0.900. The first-order valence-corrected chi connectivity index (χ1v) is 14.0. The maximum absolute atomic E-state index is 11.5. The first-order valence-electron chi connectivity index (χ1n) is 14.0. The van der Waals surface area contributed by atoms with Crippen LogP contribution in [-0.4, -0.2) is 12.1 Å². The molecule has 3 saturated carbocycles. The maximum Gasteiger partial charge on any atom is 0.302 e. The van der Waals surface area contributed by atoms with E-state index in [9.17, 15) is 4.79 Å². The van der Waals surface area contributed by atoms with Crippen LogP contribution in [0.1, 0.15) is 119 Å². The van der Waals surface area contributed by atoms with Gasteiger partial charge in [-0.1, -0.05) is 72.0 Å². The van der Waals surface area contributed by atoms with Gasteiger partial charge in [0.1, 0.15) is 6.10 Å². The predicted molar refractivity (Wildman–Crippen MR) is 133 cm³/mol. The molecule has 0 aromatic heterocycles. The van der Waals surface area contributed by atoms with Gasteiger partial charge in [-0.15, -0.1) is 0 Å². The Labute approximate surface area is 198 Å². The average molecular weight is 443 g/mol. The van der Waals surface area contributed by atoms with Crippen molar-refractivity contribution in [1.82, 2.24) is 0 Å². The van der Waals surface area contributed by atoms with Crippen LogP contribution < -0.4 is 0 Å². The Hall–Kier alpha value is -0.790. The summed E-state index contributed by atoms with van der Waals surface area (Å²) in [5, 5.41) is 0. The van der Waals surface area contributed by atoms with Crippen molar-refractivity contribution < 1.29 is 9.53 Å². The summed E-state index contributed by atoms with van der Waals surface area (Å²) in [7, 11) is 0. The van der Waals surface area contributed by atoms with Crippen LogP contribution in [0, 0.1) is 46.3 Å². The van der Waals surface area contributed by atoms with E-state index < -0.39 is 0 Å². The molecule has 0 spiro atoms. The fourth-order valence-corrected chi connectivity index (χ4v) is 9.16. The van der Waals surface area contributed by atoms with Crippen LogP contribution in [0.25, 0.3) is 0 Å². The van der Waals surface area contributed by atoms with E-state index in [-0.39, 0.29) is 12.1 Å². The van der Waals surface area contributed by atoms with Gasteiger partial charge in [0.25, 0.3) is 0 Å². The number of hydrogen-bond donors (Lipinski definition) is 0. The molecule has 0 aromatic carbocycles. The molecule has 4 aliphatic rings. The van der Waals surface area contributed by atoms with Crippen molar-refractivity contribution in [2.24, 2.45) is 46.3 Å². The first-order chi connectivity index (χ1) is 15.1. The molecule has 5 unspecified atom stereocenters. The Kier molecular flexibility index (Phi) is 7.19. The number of allylic oxidation sites excluding steroid dienone is 1. The van der Waals surface area contributed by atoms with Crippen molar-refractivity contribution >= 4 is 5.97 Å². The first kappa shape index (κ1) is 24.3. The number of hydrogen-bond acceptors (Lipinski definition) is 2. The van der Waals surface area contributed by atoms with Gasteiger partial charge in [-0.2, -0.15) is 0 Å². The van der Waals surface area contributed by atoms with Gasteiger partial charge in [-0.3, -0.25) is 4.79 Å². The third kappa shape index (κ3) is 4.46. The van der Waals surface area contributed by atoms with Crippen LogP contribution in [0.4, 0.5) is 0 Å². The highest BCUT2D eigenvalue weighted by Gasteiger charge is 2.59. The number of unbranched alkanes of at least 4 members (excludes halogenated alkanes) is 1. The van der Waals surface area contributed by atoms with E-state index in [4.69, 9.17) is 4.74 Å². The second kappa shape index (κ2) is 9.46. The van der Waals surface area contributed by atoms with Crippen molar-refractivity contribution in [3.05, 3.63) is 11.6 Å². The zero-order chi connectivity index (χ0) is 23.1. The standard InChI is InChI=1S/C30H50O2/c1-20(2)9-7-8-10-21(3)26-13-14-27-25-12-11-23-19-24(32-22(4)31)15-17-29(23,5)28(25)16-18-30(26,27)6/h11,20-21,24-28H,7-10,12-19H2,1-6H3/t21?,24?,25?,26-,27?,28?,29+,30-/m1/s1. The Morgan fingerprint density at radius 1 is 1.03 bits per heavy atom. The molecule has 0 saturated heterocycles. The van der Waals surface area contributed by atoms with Crippen LogP contribution in [-0.2, 0) is 9.53 Å². The minimum Gasteiger partial charge on any atom is -0.462 e. The second-order valence-corrected chi connectivity index (χ2v) is 13.1. The van der Waals surface area contributed by atoms with Gasteiger partial charge < -0.3 is 4.74 Å². The molecule has 2 nitrogen and oxygen atoms in total.